The van der Waals surface area contributed by atoms with E-state index in [1.807, 2.05) is 0 Å². The molecule has 0 aliphatic heterocycles. The Morgan fingerprint density at radius 1 is 1.00 bits per heavy atom. The van der Waals surface area contributed by atoms with Gasteiger partial charge in [0.05, 0.1) is 18.0 Å². The Labute approximate surface area is 174 Å². The van der Waals surface area contributed by atoms with Crippen LogP contribution in [0.25, 0.3) is 0 Å². The maximum Gasteiger partial charge on any atom is 0.182 e. The van der Waals surface area contributed by atoms with Crippen molar-refractivity contribution >= 4 is 23.4 Å². The highest BCUT2D eigenvalue weighted by Gasteiger charge is 2.20. The molecular weight excluding hydrogens is 395 g/mol. The summed E-state index contributed by atoms with van der Waals surface area (Å²) in [4.78, 5) is 22.8. The van der Waals surface area contributed by atoms with Gasteiger partial charge < -0.3 is 14.8 Å². The number of aryl methyl sites for hydroxylation is 1. The molecule has 2 aromatic rings. The van der Waals surface area contributed by atoms with E-state index in [4.69, 9.17) is 4.74 Å². The minimum Gasteiger partial charge on any atom is -0.381 e. The van der Waals surface area contributed by atoms with E-state index < -0.39 is 28.9 Å². The summed E-state index contributed by atoms with van der Waals surface area (Å²) in [6.07, 6.45) is 5.00. The number of carbonyl (C=O) groups excluding carboxylic acids is 2. The van der Waals surface area contributed by atoms with E-state index in [0.717, 1.165) is 38.0 Å². The molecule has 0 bridgehead atoms. The SMILES string of the molecule is Cc1ccc(Nc2c(C(=O)CCOCCCCCCC=O)ccc(F)c2F)c(F)c1. The van der Waals surface area contributed by atoms with Crippen LogP contribution in [0.5, 0.6) is 0 Å². The highest BCUT2D eigenvalue weighted by Crippen LogP contribution is 2.29. The van der Waals surface area contributed by atoms with Gasteiger partial charge in [-0.2, -0.15) is 0 Å². The monoisotopic (exact) mass is 421 g/mol. The maximum absolute atomic E-state index is 14.4. The van der Waals surface area contributed by atoms with Crippen molar-refractivity contribution in [1.82, 2.24) is 0 Å². The van der Waals surface area contributed by atoms with Gasteiger partial charge in [-0.25, -0.2) is 13.2 Å². The predicted molar refractivity (Wildman–Crippen MR) is 110 cm³/mol. The smallest absolute Gasteiger partial charge is 0.182 e. The molecule has 0 spiro atoms. The summed E-state index contributed by atoms with van der Waals surface area (Å²) < 4.78 is 47.7. The molecule has 0 radical (unpaired) electrons. The number of ether oxygens (including phenoxy) is 1. The molecule has 0 heterocycles. The highest BCUT2D eigenvalue weighted by molar-refractivity contribution is 6.02. The Morgan fingerprint density at radius 2 is 1.77 bits per heavy atom. The summed E-state index contributed by atoms with van der Waals surface area (Å²) in [5.74, 6) is -3.44. The number of nitrogens with one attached hydrogen (secondary N) is 1. The third-order valence-electron chi connectivity index (χ3n) is 4.61. The molecule has 0 fully saturated rings. The zero-order valence-corrected chi connectivity index (χ0v) is 17.0. The lowest BCUT2D eigenvalue weighted by molar-refractivity contribution is -0.107. The number of unbranched alkanes of at least 4 members (excludes halogenated alkanes) is 4. The summed E-state index contributed by atoms with van der Waals surface area (Å²) in [6.45, 7) is 2.33. The fourth-order valence-electron chi connectivity index (χ4n) is 2.95. The predicted octanol–water partition coefficient (Wildman–Crippen LogP) is 5.89. The topological polar surface area (TPSA) is 55.4 Å². The molecule has 0 amide bonds. The lowest BCUT2D eigenvalue weighted by atomic mass is 10.0. The van der Waals surface area contributed by atoms with E-state index in [-0.39, 0.29) is 24.3 Å². The number of carbonyl (C=O) groups is 2. The molecule has 4 nitrogen and oxygen atoms in total. The molecule has 0 saturated heterocycles. The molecule has 2 aromatic carbocycles. The minimum atomic E-state index is -1.24. The van der Waals surface area contributed by atoms with Crippen LogP contribution in [0.15, 0.2) is 30.3 Å². The van der Waals surface area contributed by atoms with E-state index in [9.17, 15) is 22.8 Å². The van der Waals surface area contributed by atoms with Gasteiger partial charge in [0.15, 0.2) is 17.4 Å². The molecule has 162 valence electrons. The minimum absolute atomic E-state index is 0.0126. The average Bonchev–Trinajstić information content (AvgIpc) is 2.72. The summed E-state index contributed by atoms with van der Waals surface area (Å²) in [5.41, 5.74) is 0.171. The van der Waals surface area contributed by atoms with E-state index in [1.165, 1.54) is 18.2 Å². The van der Waals surface area contributed by atoms with Crippen molar-refractivity contribution in [3.8, 4) is 0 Å². The quantitative estimate of drug-likeness (QED) is 0.249. The van der Waals surface area contributed by atoms with Crippen molar-refractivity contribution in [1.29, 1.82) is 0 Å². The van der Waals surface area contributed by atoms with Crippen molar-refractivity contribution in [2.24, 2.45) is 0 Å². The van der Waals surface area contributed by atoms with Crippen molar-refractivity contribution in [2.45, 2.75) is 45.4 Å². The lowest BCUT2D eigenvalue weighted by Crippen LogP contribution is -2.11. The third-order valence-corrected chi connectivity index (χ3v) is 4.61. The normalized spacial score (nSPS) is 10.8. The Hall–Kier alpha value is -2.67. The maximum atomic E-state index is 14.4. The van der Waals surface area contributed by atoms with Crippen molar-refractivity contribution in [3.05, 3.63) is 58.9 Å². The molecule has 1 N–H and O–H groups in total. The first-order valence-electron chi connectivity index (χ1n) is 9.99. The number of ketones is 1. The standard InChI is InChI=1S/C23H26F3NO3/c1-16-7-10-20(19(25)15-16)27-23-17(8-9-18(24)22(23)26)21(29)11-14-30-13-6-4-2-3-5-12-28/h7-10,12,15,27H,2-6,11,13-14H2,1H3. The molecule has 30 heavy (non-hydrogen) atoms. The number of Topliss-reactive ketones (excluding diaryl/α,β-unsaturated/α-hetero) is 1. The first kappa shape index (κ1) is 23.6. The molecule has 2 rings (SSSR count). The number of rotatable bonds is 13. The summed E-state index contributed by atoms with van der Waals surface area (Å²) in [5, 5.41) is 2.52. The number of benzene rings is 2. The second-order valence-corrected chi connectivity index (χ2v) is 7.05. The van der Waals surface area contributed by atoms with Gasteiger partial charge in [-0.3, -0.25) is 4.79 Å². The van der Waals surface area contributed by atoms with Crippen molar-refractivity contribution in [2.75, 3.05) is 18.5 Å². The zero-order chi connectivity index (χ0) is 21.9. The number of anilines is 2. The van der Waals surface area contributed by atoms with Gasteiger partial charge in [0.1, 0.15) is 12.1 Å². The van der Waals surface area contributed by atoms with Crippen LogP contribution in [0, 0.1) is 24.4 Å². The molecule has 0 aliphatic rings. The Kier molecular flexibility index (Phi) is 9.54. The van der Waals surface area contributed by atoms with E-state index >= 15 is 0 Å². The second kappa shape index (κ2) is 12.1. The van der Waals surface area contributed by atoms with Crippen LogP contribution in [0.2, 0.25) is 0 Å². The van der Waals surface area contributed by atoms with Gasteiger partial charge in [0, 0.05) is 25.0 Å². The van der Waals surface area contributed by atoms with Crippen molar-refractivity contribution in [3.63, 3.8) is 0 Å². The summed E-state index contributed by atoms with van der Waals surface area (Å²) in [6, 6.07) is 6.34. The second-order valence-electron chi connectivity index (χ2n) is 7.05. The third kappa shape index (κ3) is 6.99. The molecular formula is C23H26F3NO3. The van der Waals surface area contributed by atoms with E-state index in [2.05, 4.69) is 5.32 Å². The van der Waals surface area contributed by atoms with Gasteiger partial charge >= 0.3 is 0 Å². The van der Waals surface area contributed by atoms with Crippen molar-refractivity contribution < 1.29 is 27.5 Å². The molecule has 0 aliphatic carbocycles. The molecule has 0 saturated carbocycles. The molecule has 7 heteroatoms. The Bertz CT molecular complexity index is 871. The largest absolute Gasteiger partial charge is 0.381 e. The fraction of sp³-hybridized carbons (Fsp3) is 0.391. The summed E-state index contributed by atoms with van der Waals surface area (Å²) >= 11 is 0. The van der Waals surface area contributed by atoms with Gasteiger partial charge in [-0.15, -0.1) is 0 Å². The van der Waals surface area contributed by atoms with Gasteiger partial charge in [0.25, 0.3) is 0 Å². The fourth-order valence-corrected chi connectivity index (χ4v) is 2.95. The zero-order valence-electron chi connectivity index (χ0n) is 17.0. The highest BCUT2D eigenvalue weighted by atomic mass is 19.2. The average molecular weight is 421 g/mol. The van der Waals surface area contributed by atoms with Crippen LogP contribution in [0.3, 0.4) is 0 Å². The van der Waals surface area contributed by atoms with Gasteiger partial charge in [-0.05, 0) is 49.6 Å². The van der Waals surface area contributed by atoms with Crippen LogP contribution >= 0.6 is 0 Å². The molecule has 0 aromatic heterocycles. The Morgan fingerprint density at radius 3 is 2.50 bits per heavy atom. The number of hydrogen-bond acceptors (Lipinski definition) is 4. The first-order chi connectivity index (χ1) is 14.4. The Balaban J connectivity index is 1.95. The van der Waals surface area contributed by atoms with Crippen LogP contribution in [-0.4, -0.2) is 25.3 Å². The van der Waals surface area contributed by atoms with Crippen LogP contribution in [0.4, 0.5) is 24.5 Å². The summed E-state index contributed by atoms with van der Waals surface area (Å²) in [7, 11) is 0. The number of hydrogen-bond donors (Lipinski definition) is 1. The molecule has 0 unspecified atom stereocenters. The van der Waals surface area contributed by atoms with Gasteiger partial charge in [-0.1, -0.05) is 18.9 Å². The van der Waals surface area contributed by atoms with Crippen LogP contribution < -0.4 is 5.32 Å². The van der Waals surface area contributed by atoms with Crippen LogP contribution in [-0.2, 0) is 9.53 Å². The number of halogens is 3. The van der Waals surface area contributed by atoms with E-state index in [0.29, 0.717) is 18.6 Å². The lowest BCUT2D eigenvalue weighted by Gasteiger charge is -2.14. The first-order valence-corrected chi connectivity index (χ1v) is 9.99. The van der Waals surface area contributed by atoms with E-state index in [1.54, 1.807) is 13.0 Å². The van der Waals surface area contributed by atoms with Crippen LogP contribution in [0.1, 0.15) is 54.4 Å². The number of aldehydes is 1. The molecule has 0 atom stereocenters. The van der Waals surface area contributed by atoms with Gasteiger partial charge in [0.2, 0.25) is 0 Å².